The van der Waals surface area contributed by atoms with Gasteiger partial charge in [0, 0.05) is 25.0 Å². The monoisotopic (exact) mass is 345 g/mol. The van der Waals surface area contributed by atoms with Gasteiger partial charge in [0.1, 0.15) is 5.76 Å². The molecule has 136 valence electrons. The van der Waals surface area contributed by atoms with Crippen molar-refractivity contribution in [2.24, 2.45) is 0 Å². The third-order valence-corrected chi connectivity index (χ3v) is 4.56. The van der Waals surface area contributed by atoms with E-state index in [0.717, 1.165) is 18.8 Å². The number of amides is 2. The Morgan fingerprint density at radius 2 is 2.16 bits per heavy atom. The van der Waals surface area contributed by atoms with Gasteiger partial charge >= 0.3 is 6.03 Å². The van der Waals surface area contributed by atoms with Crippen LogP contribution in [0.4, 0.5) is 4.79 Å². The fourth-order valence-corrected chi connectivity index (χ4v) is 3.32. The highest BCUT2D eigenvalue weighted by atomic mass is 16.3. The van der Waals surface area contributed by atoms with E-state index in [9.17, 15) is 4.79 Å². The van der Waals surface area contributed by atoms with E-state index < -0.39 is 0 Å². The largest absolute Gasteiger partial charge is 0.468 e. The van der Waals surface area contributed by atoms with Crippen molar-refractivity contribution in [1.29, 1.82) is 0 Å². The van der Waals surface area contributed by atoms with Crippen LogP contribution in [-0.4, -0.2) is 46.4 Å². The highest BCUT2D eigenvalue weighted by molar-refractivity contribution is 5.74. The molecule has 0 aromatic carbocycles. The summed E-state index contributed by atoms with van der Waals surface area (Å²) in [6.45, 7) is 5.24. The van der Waals surface area contributed by atoms with Gasteiger partial charge in [-0.2, -0.15) is 5.10 Å². The average molecular weight is 345 g/mol. The van der Waals surface area contributed by atoms with Gasteiger partial charge in [-0.05, 0) is 51.1 Å². The number of carbonyl (C=O) groups is 1. The molecule has 1 aliphatic rings. The van der Waals surface area contributed by atoms with Crippen molar-refractivity contribution in [3.63, 3.8) is 0 Å². The molecule has 2 amide bonds. The minimum absolute atomic E-state index is 0.00282. The second-order valence-corrected chi connectivity index (χ2v) is 6.61. The quantitative estimate of drug-likeness (QED) is 0.808. The molecule has 7 nitrogen and oxygen atoms in total. The number of hydrogen-bond donors (Lipinski definition) is 2. The van der Waals surface area contributed by atoms with Crippen LogP contribution in [0, 0.1) is 0 Å². The Balaban J connectivity index is 1.50. The van der Waals surface area contributed by atoms with E-state index in [1.165, 1.54) is 19.3 Å². The zero-order valence-electron chi connectivity index (χ0n) is 14.7. The topological polar surface area (TPSA) is 75.3 Å². The highest BCUT2D eigenvalue weighted by Gasteiger charge is 2.25. The number of hydrogen-bond acceptors (Lipinski definition) is 4. The molecule has 2 atom stereocenters. The summed E-state index contributed by atoms with van der Waals surface area (Å²) in [7, 11) is 0. The second kappa shape index (κ2) is 8.71. The maximum Gasteiger partial charge on any atom is 0.315 e. The summed E-state index contributed by atoms with van der Waals surface area (Å²) in [4.78, 5) is 14.6. The first-order chi connectivity index (χ1) is 12.2. The molecule has 0 spiro atoms. The molecule has 0 saturated carbocycles. The molecule has 0 aliphatic carbocycles. The van der Waals surface area contributed by atoms with Crippen molar-refractivity contribution in [3.05, 3.63) is 42.6 Å². The first kappa shape index (κ1) is 17.5. The van der Waals surface area contributed by atoms with E-state index >= 15 is 0 Å². The van der Waals surface area contributed by atoms with Crippen molar-refractivity contribution in [3.8, 4) is 0 Å². The number of rotatable bonds is 7. The van der Waals surface area contributed by atoms with Crippen molar-refractivity contribution in [2.45, 2.75) is 44.8 Å². The van der Waals surface area contributed by atoms with E-state index in [2.05, 4.69) is 20.6 Å². The number of nitrogens with zero attached hydrogens (tertiary/aromatic N) is 3. The van der Waals surface area contributed by atoms with Crippen LogP contribution in [0.5, 0.6) is 0 Å². The molecule has 3 heterocycles. The fraction of sp³-hybridized carbons (Fsp3) is 0.556. The molecule has 2 aromatic heterocycles. The Labute approximate surface area is 148 Å². The number of carbonyl (C=O) groups excluding carboxylic acids is 1. The van der Waals surface area contributed by atoms with Gasteiger partial charge in [-0.1, -0.05) is 6.42 Å². The van der Waals surface area contributed by atoms with Crippen molar-refractivity contribution in [1.82, 2.24) is 25.3 Å². The molecule has 2 N–H and O–H groups in total. The maximum atomic E-state index is 12.2. The molecule has 25 heavy (non-hydrogen) atoms. The Morgan fingerprint density at radius 3 is 2.84 bits per heavy atom. The zero-order chi connectivity index (χ0) is 17.5. The summed E-state index contributed by atoms with van der Waals surface area (Å²) in [6, 6.07) is 5.68. The van der Waals surface area contributed by atoms with Crippen molar-refractivity contribution in [2.75, 3.05) is 19.6 Å². The smallest absolute Gasteiger partial charge is 0.315 e. The second-order valence-electron chi connectivity index (χ2n) is 6.61. The van der Waals surface area contributed by atoms with Crippen molar-refractivity contribution < 1.29 is 9.21 Å². The summed E-state index contributed by atoms with van der Waals surface area (Å²) >= 11 is 0. The predicted molar refractivity (Wildman–Crippen MR) is 95.1 cm³/mol. The molecule has 1 fully saturated rings. The molecule has 3 rings (SSSR count). The number of nitrogens with one attached hydrogen (secondary N) is 2. The Bertz CT molecular complexity index is 620. The molecule has 7 heteroatoms. The van der Waals surface area contributed by atoms with Crippen LogP contribution < -0.4 is 10.6 Å². The van der Waals surface area contributed by atoms with E-state index in [1.807, 2.05) is 36.0 Å². The number of likely N-dealkylation sites (tertiary alicyclic amines) is 1. The summed E-state index contributed by atoms with van der Waals surface area (Å²) in [5, 5.41) is 10.1. The summed E-state index contributed by atoms with van der Waals surface area (Å²) in [6.07, 6.45) is 8.99. The van der Waals surface area contributed by atoms with Gasteiger partial charge in [0.25, 0.3) is 0 Å². The number of furan rings is 1. The molecular weight excluding hydrogens is 318 g/mol. The van der Waals surface area contributed by atoms with E-state index in [0.29, 0.717) is 13.1 Å². The van der Waals surface area contributed by atoms with Gasteiger partial charge in [0.05, 0.1) is 18.8 Å². The van der Waals surface area contributed by atoms with Crippen LogP contribution in [0.2, 0.25) is 0 Å². The number of aromatic nitrogens is 2. The lowest BCUT2D eigenvalue weighted by atomic mass is 10.1. The third kappa shape index (κ3) is 5.09. The normalized spacial score (nSPS) is 17.8. The Hall–Kier alpha value is -2.28. The lowest BCUT2D eigenvalue weighted by molar-refractivity contribution is 0.143. The third-order valence-electron chi connectivity index (χ3n) is 4.56. The van der Waals surface area contributed by atoms with E-state index in [1.54, 1.807) is 12.5 Å². The first-order valence-electron chi connectivity index (χ1n) is 9.01. The SMILES string of the molecule is C[C@H](Cn1cccn1)NC(=O)NC[C@@H](c1ccco1)N1CCCCC1. The number of piperidine rings is 1. The van der Waals surface area contributed by atoms with Crippen molar-refractivity contribution >= 4 is 6.03 Å². The predicted octanol–water partition coefficient (Wildman–Crippen LogP) is 2.39. The average Bonchev–Trinajstić information content (AvgIpc) is 3.30. The van der Waals surface area contributed by atoms with Gasteiger partial charge in [-0.15, -0.1) is 0 Å². The van der Waals surface area contributed by atoms with Crippen LogP contribution in [0.15, 0.2) is 41.3 Å². The van der Waals surface area contributed by atoms with Crippen LogP contribution in [0.25, 0.3) is 0 Å². The van der Waals surface area contributed by atoms with Gasteiger partial charge in [0.15, 0.2) is 0 Å². The molecule has 1 saturated heterocycles. The molecule has 0 bridgehead atoms. The Kier molecular flexibility index (Phi) is 6.11. The van der Waals surface area contributed by atoms with E-state index in [-0.39, 0.29) is 18.1 Å². The van der Waals surface area contributed by atoms with Crippen LogP contribution in [0.3, 0.4) is 0 Å². The molecular formula is C18H27N5O2. The van der Waals surface area contributed by atoms with Gasteiger partial charge < -0.3 is 15.1 Å². The lowest BCUT2D eigenvalue weighted by Gasteiger charge is -2.33. The Morgan fingerprint density at radius 1 is 1.32 bits per heavy atom. The highest BCUT2D eigenvalue weighted by Crippen LogP contribution is 2.24. The lowest BCUT2D eigenvalue weighted by Crippen LogP contribution is -2.46. The maximum absolute atomic E-state index is 12.2. The molecule has 0 radical (unpaired) electrons. The van der Waals surface area contributed by atoms with Crippen LogP contribution >= 0.6 is 0 Å². The van der Waals surface area contributed by atoms with Crippen LogP contribution in [0.1, 0.15) is 38.0 Å². The summed E-state index contributed by atoms with van der Waals surface area (Å²) in [5.74, 6) is 0.909. The molecule has 0 unspecified atom stereocenters. The summed E-state index contributed by atoms with van der Waals surface area (Å²) in [5.41, 5.74) is 0. The first-order valence-corrected chi connectivity index (χ1v) is 9.01. The standard InChI is InChI=1S/C18H27N5O2/c1-15(14-23-11-6-8-20-23)21-18(24)19-13-16(17-7-5-12-25-17)22-9-3-2-4-10-22/h5-8,11-12,15-16H,2-4,9-10,13-14H2,1H3,(H2,19,21,24)/t15-,16+/m1/s1. The van der Waals surface area contributed by atoms with E-state index in [4.69, 9.17) is 4.42 Å². The minimum atomic E-state index is -0.159. The fourth-order valence-electron chi connectivity index (χ4n) is 3.32. The van der Waals surface area contributed by atoms with Gasteiger partial charge in [-0.25, -0.2) is 4.79 Å². The zero-order valence-corrected chi connectivity index (χ0v) is 14.7. The molecule has 1 aliphatic heterocycles. The van der Waals surface area contributed by atoms with Crippen LogP contribution in [-0.2, 0) is 6.54 Å². The van der Waals surface area contributed by atoms with Gasteiger partial charge in [-0.3, -0.25) is 9.58 Å². The minimum Gasteiger partial charge on any atom is -0.468 e. The molecule has 2 aromatic rings. The van der Waals surface area contributed by atoms with Gasteiger partial charge in [0.2, 0.25) is 0 Å². The summed E-state index contributed by atoms with van der Waals surface area (Å²) < 4.78 is 7.42. The number of urea groups is 1.